The molecule has 12 aromatic rings. The summed E-state index contributed by atoms with van der Waals surface area (Å²) in [6, 6.07) is 29.8. The van der Waals surface area contributed by atoms with Crippen LogP contribution >= 0.6 is 0 Å². The summed E-state index contributed by atoms with van der Waals surface area (Å²) < 4.78 is 66.8. The first-order valence-electron chi connectivity index (χ1n) is 46.1. The van der Waals surface area contributed by atoms with Crippen molar-refractivity contribution >= 4 is 95.5 Å². The summed E-state index contributed by atoms with van der Waals surface area (Å²) in [6.45, 7) is 12.7. The van der Waals surface area contributed by atoms with Gasteiger partial charge in [-0.15, -0.1) is 0 Å². The number of pyridine rings is 2. The molecule has 4 aliphatic carbocycles. The van der Waals surface area contributed by atoms with Gasteiger partial charge in [0, 0.05) is 230 Å². The molecule has 0 unspecified atom stereocenters. The van der Waals surface area contributed by atoms with Crippen LogP contribution in [-0.4, -0.2) is 265 Å². The van der Waals surface area contributed by atoms with Crippen molar-refractivity contribution in [1.29, 1.82) is 0 Å². The Bertz CT molecular complexity index is 5300. The van der Waals surface area contributed by atoms with Gasteiger partial charge in [0.1, 0.15) is 46.2 Å². The van der Waals surface area contributed by atoms with Gasteiger partial charge in [0.2, 0.25) is 11.8 Å². The molecule has 8 aromatic heterocycles. The number of aliphatic hydroxyl groups is 4. The summed E-state index contributed by atoms with van der Waals surface area (Å²) in [5.41, 5.74) is 6.09. The largest absolute Gasteiger partial charge is 0.496 e. The first kappa shape index (κ1) is 91.6. The zero-order valence-corrected chi connectivity index (χ0v) is 76.9. The van der Waals surface area contributed by atoms with Gasteiger partial charge in [-0.1, -0.05) is 6.92 Å². The van der Waals surface area contributed by atoms with Crippen molar-refractivity contribution in [3.63, 3.8) is 0 Å². The Morgan fingerprint density at radius 3 is 1.01 bits per heavy atom. The Balaban J connectivity index is 0.000000123. The van der Waals surface area contributed by atoms with Crippen LogP contribution in [0.2, 0.25) is 0 Å². The van der Waals surface area contributed by atoms with E-state index in [1.165, 1.54) is 0 Å². The molecule has 132 heavy (non-hydrogen) atoms. The van der Waals surface area contributed by atoms with Crippen molar-refractivity contribution in [2.24, 2.45) is 0 Å². The maximum absolute atomic E-state index is 15.0. The zero-order chi connectivity index (χ0) is 92.0. The Labute approximate surface area is 767 Å². The Morgan fingerprint density at radius 1 is 0.348 bits per heavy atom. The number of fused-ring (bicyclic) bond motifs is 4. The molecular weight excluding hydrogens is 1680 g/mol. The first-order chi connectivity index (χ1) is 64.1. The Kier molecular flexibility index (Phi) is 27.5. The molecule has 0 spiro atoms. The predicted octanol–water partition coefficient (Wildman–Crippen LogP) is 13.0. The lowest BCUT2D eigenvalue weighted by Crippen LogP contribution is -2.47. The fourth-order valence-corrected chi connectivity index (χ4v) is 18.2. The summed E-state index contributed by atoms with van der Waals surface area (Å²) in [6.07, 6.45) is 22.9. The van der Waals surface area contributed by atoms with E-state index in [0.717, 1.165) is 247 Å². The molecule has 8 fully saturated rings. The van der Waals surface area contributed by atoms with Gasteiger partial charge in [0.05, 0.1) is 76.9 Å². The number of nitrogens with zero attached hydrogens (tertiary/aromatic N) is 23. The number of hydrogen-bond donors (Lipinski definition) is 4. The van der Waals surface area contributed by atoms with Crippen LogP contribution in [0.5, 0.6) is 23.3 Å². The SMILES string of the molecule is COc1cccnc1N1CCN(c2nc(C3(F)CC3)nc3ccc(N(C)CCO)cc23)CC1.COc1ccncc1C1CCN(c2nc(C3(F)CC3)nc3ccc(N(C)CCO)cc23)CC1.COc1nccnc1C1CCN(c2nc(C3(C)CC3)nc3ccc(N(C)CCO)cc23)CC1.COc1nccnc1C1CCN(c2nc(C3(F)CC3)nc3ccc(N(C)CCO)cc23)CC1. The van der Waals surface area contributed by atoms with Crippen LogP contribution in [0, 0.1) is 0 Å². The molecule has 4 N–H and O–H groups in total. The number of ether oxygens (including phenoxy) is 4. The summed E-state index contributed by atoms with van der Waals surface area (Å²) in [4.78, 5) is 84.0. The first-order valence-corrected chi connectivity index (χ1v) is 46.1. The number of piperidine rings is 3. The fourth-order valence-electron chi connectivity index (χ4n) is 18.2. The lowest BCUT2D eigenvalue weighted by molar-refractivity contribution is 0.300. The smallest absolute Gasteiger partial charge is 0.235 e. The Hall–Kier alpha value is -12.3. The van der Waals surface area contributed by atoms with Crippen LogP contribution < -0.4 is 63.0 Å². The van der Waals surface area contributed by atoms with Crippen LogP contribution in [0.25, 0.3) is 43.6 Å². The van der Waals surface area contributed by atoms with Gasteiger partial charge in [-0.05, 0) is 187 Å². The van der Waals surface area contributed by atoms with Gasteiger partial charge >= 0.3 is 0 Å². The van der Waals surface area contributed by atoms with Gasteiger partial charge in [0.15, 0.2) is 46.0 Å². The number of rotatable bonds is 28. The molecule has 31 nitrogen and oxygen atoms in total. The molecule has 0 radical (unpaired) electrons. The molecule has 34 heteroatoms. The van der Waals surface area contributed by atoms with E-state index in [9.17, 15) is 33.6 Å². The second-order valence-corrected chi connectivity index (χ2v) is 36.1. The number of piperazine rings is 1. The van der Waals surface area contributed by atoms with E-state index in [4.69, 9.17) is 43.9 Å². The molecule has 0 amide bonds. The van der Waals surface area contributed by atoms with E-state index in [-0.39, 0.29) is 43.6 Å². The van der Waals surface area contributed by atoms with Crippen LogP contribution in [0.1, 0.15) is 155 Å². The quantitative estimate of drug-likeness (QED) is 0.0354. The minimum Gasteiger partial charge on any atom is -0.496 e. The number of alkyl halides is 3. The molecule has 4 aliphatic heterocycles. The second-order valence-electron chi connectivity index (χ2n) is 36.1. The second kappa shape index (κ2) is 39.6. The molecule has 4 saturated carbocycles. The topological polar surface area (TPSA) is 327 Å². The van der Waals surface area contributed by atoms with Crippen molar-refractivity contribution in [2.45, 2.75) is 137 Å². The van der Waals surface area contributed by atoms with Gasteiger partial charge < -0.3 is 83.5 Å². The van der Waals surface area contributed by atoms with E-state index in [0.29, 0.717) is 99.9 Å². The number of halogens is 3. The number of aliphatic hydroxyl groups excluding tert-OH is 4. The van der Waals surface area contributed by atoms with Crippen molar-refractivity contribution in [3.8, 4) is 23.3 Å². The standard InChI is InChI=1S/C25H30FN5O2.C25H32N6O2.2C24H29FN6O2/c1-30(13-14-32)18-3-4-21-19(15-18)23(29-24(28-21)25(26)8-9-25)31-11-6-17(7-12-31)20-16-27-10-5-22(20)33-2;1-25(8-9-25)24-28-20-5-4-18(30(2)14-15-32)16-19(20)22(29-24)31-12-6-17(7-13-31)21-23(33-3)27-11-10-26-21;1-30(13-14-32)17-3-4-19-18(15-17)21(29-23(28-19)24(25)7-8-24)31-11-5-16(6-12-31)20-22(33-2)27-10-9-26-20;1-29(14-15-32)17-5-6-19-18(16-17)21(28-23(27-19)24(25)7-8-24)30-10-12-31(13-11-30)22-20(33-2)4-3-9-26-22/h3-5,10,15-17,32H,6-9,11-14H2,1-2H3;4-5,10-11,16-17,32H,6-9,12-15H2,1-3H3;3-4,9-10,15-16,32H,5-8,11-14H2,1-2H3;3-6,9,16,32H,7-8,10-15H2,1-2H3. The van der Waals surface area contributed by atoms with Crippen molar-refractivity contribution in [3.05, 3.63) is 175 Å². The molecule has 4 aromatic carbocycles. The minimum absolute atomic E-state index is 0.0696. The highest BCUT2D eigenvalue weighted by molar-refractivity contribution is 5.96. The van der Waals surface area contributed by atoms with E-state index < -0.39 is 17.0 Å². The van der Waals surface area contributed by atoms with Crippen LogP contribution in [0.4, 0.5) is 65.0 Å². The predicted molar refractivity (Wildman–Crippen MR) is 508 cm³/mol. The summed E-state index contributed by atoms with van der Waals surface area (Å²) in [5, 5.41) is 41.1. The molecule has 4 saturated heterocycles. The monoisotopic (exact) mass is 1800 g/mol. The van der Waals surface area contributed by atoms with E-state index in [1.54, 1.807) is 65.6 Å². The number of likely N-dealkylation sites (N-methyl/N-ethyl adjacent to an activating group) is 4. The van der Waals surface area contributed by atoms with Gasteiger partial charge in [-0.3, -0.25) is 15.0 Å². The third-order valence-electron chi connectivity index (χ3n) is 27.2. The normalized spacial score (nSPS) is 17.7. The zero-order valence-electron chi connectivity index (χ0n) is 76.9. The maximum atomic E-state index is 15.0. The number of anilines is 9. The van der Waals surface area contributed by atoms with E-state index >= 15 is 0 Å². The molecular formula is C98H120F3N23O8. The maximum Gasteiger partial charge on any atom is 0.235 e. The van der Waals surface area contributed by atoms with Gasteiger partial charge in [-0.25, -0.2) is 68.0 Å². The molecule has 0 atom stereocenters. The average Bonchev–Trinajstić information content (AvgIpc) is 1.58. The summed E-state index contributed by atoms with van der Waals surface area (Å²) in [5.74, 6) is 9.82. The molecule has 12 heterocycles. The van der Waals surface area contributed by atoms with Crippen LogP contribution in [-0.2, 0) is 22.4 Å². The number of aromatic nitrogens is 14. The molecule has 696 valence electrons. The minimum atomic E-state index is -1.40. The van der Waals surface area contributed by atoms with E-state index in [2.05, 4.69) is 105 Å². The van der Waals surface area contributed by atoms with Gasteiger partial charge in [-0.2, -0.15) is 0 Å². The van der Waals surface area contributed by atoms with Crippen LogP contribution in [0.15, 0.2) is 134 Å². The number of hydrogen-bond acceptors (Lipinski definition) is 31. The Morgan fingerprint density at radius 2 is 0.674 bits per heavy atom. The number of benzene rings is 4. The van der Waals surface area contributed by atoms with Crippen molar-refractivity contribution in [2.75, 3.05) is 219 Å². The average molecular weight is 1810 g/mol. The summed E-state index contributed by atoms with van der Waals surface area (Å²) >= 11 is 0. The molecule has 20 rings (SSSR count). The highest BCUT2D eigenvalue weighted by Crippen LogP contribution is 2.53. The molecule has 8 aliphatic rings. The van der Waals surface area contributed by atoms with E-state index in [1.807, 2.05) is 116 Å². The lowest BCUT2D eigenvalue weighted by atomic mass is 9.89. The van der Waals surface area contributed by atoms with Crippen molar-refractivity contribution in [1.82, 2.24) is 69.8 Å². The summed E-state index contributed by atoms with van der Waals surface area (Å²) in [7, 11) is 14.4. The van der Waals surface area contributed by atoms with Crippen LogP contribution in [0.3, 0.4) is 0 Å². The lowest BCUT2D eigenvalue weighted by Gasteiger charge is -2.37. The number of methoxy groups -OCH3 is 4. The van der Waals surface area contributed by atoms with Gasteiger partial charge in [0.25, 0.3) is 0 Å². The molecule has 0 bridgehead atoms. The fraction of sp³-hybridized carbons (Fsp3) is 0.490. The third-order valence-corrected chi connectivity index (χ3v) is 27.2. The highest BCUT2D eigenvalue weighted by atomic mass is 19.2. The highest BCUT2D eigenvalue weighted by Gasteiger charge is 2.51. The van der Waals surface area contributed by atoms with Crippen molar-refractivity contribution < 1.29 is 52.5 Å². The third kappa shape index (κ3) is 19.9.